The van der Waals surface area contributed by atoms with Crippen LogP contribution < -0.4 is 34.7 Å². The van der Waals surface area contributed by atoms with Crippen molar-refractivity contribution in [1.29, 1.82) is 0 Å². The van der Waals surface area contributed by atoms with Crippen molar-refractivity contribution >= 4 is 5.97 Å². The van der Waals surface area contributed by atoms with Crippen LogP contribution in [0.2, 0.25) is 0 Å². The number of aliphatic carboxylic acids is 1. The fraction of sp³-hybridized carbons (Fsp3) is 0.875. The zero-order chi connectivity index (χ0) is 8.69. The molecule has 12 heavy (non-hydrogen) atoms. The average molecular weight is 182 g/mol. The first kappa shape index (κ1) is 14.9. The first-order valence-electron chi connectivity index (χ1n) is 3.98. The summed E-state index contributed by atoms with van der Waals surface area (Å²) in [5.74, 6) is -0.833. The number of carboxylic acid groups (broad SMARTS) is 1. The molecule has 66 valence electrons. The summed E-state index contributed by atoms with van der Waals surface area (Å²) < 4.78 is 0. The van der Waals surface area contributed by atoms with E-state index in [1.807, 2.05) is 0 Å². The van der Waals surface area contributed by atoms with Crippen molar-refractivity contribution in [3.63, 3.8) is 0 Å². The zero-order valence-electron chi connectivity index (χ0n) is 7.88. The Kier molecular flexibility index (Phi) is 11.8. The van der Waals surface area contributed by atoms with Gasteiger partial charge in [-0.1, -0.05) is 32.1 Å². The van der Waals surface area contributed by atoms with E-state index in [1.54, 1.807) is 0 Å². The van der Waals surface area contributed by atoms with E-state index in [1.165, 1.54) is 19.3 Å². The molecule has 0 aromatic rings. The number of hydrogen-bond donors (Lipinski definition) is 1. The van der Waals surface area contributed by atoms with E-state index in [4.69, 9.17) is 9.90 Å². The van der Waals surface area contributed by atoms with Crippen LogP contribution in [-0.2, 0) is 4.79 Å². The minimum absolute atomic E-state index is 0. The van der Waals surface area contributed by atoms with Gasteiger partial charge in [0, 0.05) is 6.92 Å². The number of carboxylic acids is 1. The molecule has 0 saturated heterocycles. The van der Waals surface area contributed by atoms with Gasteiger partial charge in [0.2, 0.25) is 0 Å². The van der Waals surface area contributed by atoms with E-state index in [0.717, 1.165) is 19.8 Å². The number of hydrogen-bond acceptors (Lipinski definition) is 2. The molecule has 1 rings (SSSR count). The van der Waals surface area contributed by atoms with Gasteiger partial charge in [0.1, 0.15) is 0 Å². The molecule has 0 heterocycles. The van der Waals surface area contributed by atoms with Gasteiger partial charge in [0.15, 0.2) is 0 Å². The molecular formula is C8H15NaO3. The van der Waals surface area contributed by atoms with Crippen molar-refractivity contribution in [2.75, 3.05) is 0 Å². The second-order valence-electron chi connectivity index (χ2n) is 2.78. The topological polar surface area (TPSA) is 60.4 Å². The van der Waals surface area contributed by atoms with Crippen molar-refractivity contribution in [3.8, 4) is 0 Å². The van der Waals surface area contributed by atoms with Crippen LogP contribution in [0.5, 0.6) is 0 Å². The number of rotatable bonds is 0. The Morgan fingerprint density at radius 1 is 1.33 bits per heavy atom. The largest absolute Gasteiger partial charge is 1.00 e. The van der Waals surface area contributed by atoms with E-state index in [9.17, 15) is 5.11 Å². The molecule has 1 N–H and O–H groups in total. The third-order valence-corrected chi connectivity index (χ3v) is 1.55. The number of carbonyl (C=O) groups is 1. The maximum absolute atomic E-state index is 10.5. The van der Waals surface area contributed by atoms with Gasteiger partial charge in [0.25, 0.3) is 5.97 Å². The molecule has 1 aliphatic rings. The molecule has 0 aliphatic heterocycles. The van der Waals surface area contributed by atoms with Crippen LogP contribution in [0.15, 0.2) is 0 Å². The molecule has 1 fully saturated rings. The molecule has 1 aliphatic carbocycles. The summed E-state index contributed by atoms with van der Waals surface area (Å²) in [6.45, 7) is 1.08. The van der Waals surface area contributed by atoms with Crippen molar-refractivity contribution in [2.45, 2.75) is 45.1 Å². The van der Waals surface area contributed by atoms with Gasteiger partial charge in [-0.05, 0) is 0 Å². The van der Waals surface area contributed by atoms with Crippen molar-refractivity contribution in [3.05, 3.63) is 0 Å². The maximum atomic E-state index is 10.5. The van der Waals surface area contributed by atoms with Crippen LogP contribution in [0.25, 0.3) is 0 Å². The molecule has 3 nitrogen and oxygen atoms in total. The fourth-order valence-electron chi connectivity index (χ4n) is 1.07. The second-order valence-corrected chi connectivity index (χ2v) is 2.78. The summed E-state index contributed by atoms with van der Waals surface area (Å²) in [7, 11) is 0. The average Bonchev–Trinajstić information content (AvgIpc) is 1.87. The normalized spacial score (nSPS) is 16.8. The third kappa shape index (κ3) is 13.1. The second kappa shape index (κ2) is 9.52. The third-order valence-electron chi connectivity index (χ3n) is 1.55. The minimum atomic E-state index is -0.833. The fourth-order valence-corrected chi connectivity index (χ4v) is 1.07. The smallest absolute Gasteiger partial charge is 0.852 e. The van der Waals surface area contributed by atoms with Crippen molar-refractivity contribution in [1.82, 2.24) is 0 Å². The molecule has 0 radical (unpaired) electrons. The molecular weight excluding hydrogens is 167 g/mol. The SMILES string of the molecule is CC(=O)O.[Na+].[O-]C1CCCCC1. The summed E-state index contributed by atoms with van der Waals surface area (Å²) in [6, 6.07) is 0. The van der Waals surface area contributed by atoms with Gasteiger partial charge >= 0.3 is 29.6 Å². The predicted molar refractivity (Wildman–Crippen MR) is 40.2 cm³/mol. The summed E-state index contributed by atoms with van der Waals surface area (Å²) in [5.41, 5.74) is 0. The Bertz CT molecular complexity index is 107. The Hall–Kier alpha value is 0.430. The molecule has 0 bridgehead atoms. The molecule has 0 aromatic carbocycles. The first-order valence-corrected chi connectivity index (χ1v) is 3.98. The van der Waals surface area contributed by atoms with Gasteiger partial charge in [-0.25, -0.2) is 0 Å². The Morgan fingerprint density at radius 3 is 1.83 bits per heavy atom. The zero-order valence-corrected chi connectivity index (χ0v) is 9.88. The summed E-state index contributed by atoms with van der Waals surface area (Å²) in [5, 5.41) is 18.0. The predicted octanol–water partition coefficient (Wildman–Crippen LogP) is -2.23. The van der Waals surface area contributed by atoms with Gasteiger partial charge in [-0.3, -0.25) is 4.79 Å². The summed E-state index contributed by atoms with van der Waals surface area (Å²) >= 11 is 0. The van der Waals surface area contributed by atoms with Crippen molar-refractivity contribution in [2.24, 2.45) is 0 Å². The molecule has 0 spiro atoms. The maximum Gasteiger partial charge on any atom is 1.00 e. The van der Waals surface area contributed by atoms with Gasteiger partial charge < -0.3 is 10.2 Å². The Balaban J connectivity index is 0. The van der Waals surface area contributed by atoms with E-state index >= 15 is 0 Å². The molecule has 0 atom stereocenters. The first-order chi connectivity index (χ1) is 5.13. The minimum Gasteiger partial charge on any atom is -0.852 e. The van der Waals surface area contributed by atoms with E-state index in [2.05, 4.69) is 0 Å². The Labute approximate surface area is 95.5 Å². The monoisotopic (exact) mass is 182 g/mol. The quantitative estimate of drug-likeness (QED) is 0.431. The van der Waals surface area contributed by atoms with E-state index < -0.39 is 5.97 Å². The van der Waals surface area contributed by atoms with Crippen molar-refractivity contribution < 1.29 is 44.6 Å². The van der Waals surface area contributed by atoms with Crippen LogP contribution in [-0.4, -0.2) is 17.2 Å². The molecule has 4 heteroatoms. The van der Waals surface area contributed by atoms with E-state index in [0.29, 0.717) is 0 Å². The molecule has 1 saturated carbocycles. The standard InChI is InChI=1S/C6H11O.C2H4O2.Na/c7-6-4-2-1-3-5-6;1-2(3)4;/h6H,1-5H2;1H3,(H,3,4);/q-1;;+1. The van der Waals surface area contributed by atoms with Gasteiger partial charge in [-0.15, -0.1) is 6.10 Å². The molecule has 0 amide bonds. The summed E-state index contributed by atoms with van der Waals surface area (Å²) in [6.07, 6.45) is 5.29. The van der Waals surface area contributed by atoms with Crippen LogP contribution in [0.3, 0.4) is 0 Å². The summed E-state index contributed by atoms with van der Waals surface area (Å²) in [4.78, 5) is 9.00. The van der Waals surface area contributed by atoms with E-state index in [-0.39, 0.29) is 35.7 Å². The van der Waals surface area contributed by atoms with Crippen LogP contribution >= 0.6 is 0 Å². The Morgan fingerprint density at radius 2 is 1.67 bits per heavy atom. The molecule has 0 unspecified atom stereocenters. The molecule has 0 aromatic heterocycles. The van der Waals surface area contributed by atoms with Crippen LogP contribution in [0, 0.1) is 0 Å². The van der Waals surface area contributed by atoms with Gasteiger partial charge in [0.05, 0.1) is 0 Å². The van der Waals surface area contributed by atoms with Crippen LogP contribution in [0.4, 0.5) is 0 Å². The van der Waals surface area contributed by atoms with Crippen LogP contribution in [0.1, 0.15) is 39.0 Å². The van der Waals surface area contributed by atoms with Gasteiger partial charge in [-0.2, -0.15) is 0 Å².